The Labute approximate surface area is 200 Å². The second-order valence-corrected chi connectivity index (χ2v) is 12.6. The molecule has 0 aliphatic heterocycles. The monoisotopic (exact) mass is 585 g/mol. The second kappa shape index (κ2) is 9.44. The Morgan fingerprint density at radius 1 is 0.742 bits per heavy atom. The zero-order chi connectivity index (χ0) is 22.8. The minimum atomic E-state index is -4.44. The predicted molar refractivity (Wildman–Crippen MR) is 130 cm³/mol. The highest BCUT2D eigenvalue weighted by Crippen LogP contribution is 2.37. The van der Waals surface area contributed by atoms with Crippen molar-refractivity contribution in [1.29, 1.82) is 0 Å². The average Bonchev–Trinajstić information content (AvgIpc) is 2.74. The molecule has 164 valence electrons. The van der Waals surface area contributed by atoms with Gasteiger partial charge in [-0.05, 0) is 72.5 Å². The molecule has 0 aliphatic carbocycles. The Morgan fingerprint density at radius 2 is 1.16 bits per heavy atom. The van der Waals surface area contributed by atoms with Crippen LogP contribution in [-0.4, -0.2) is 16.8 Å². The highest BCUT2D eigenvalue weighted by molar-refractivity contribution is 9.10. The molecule has 3 rings (SSSR count). The molecule has 0 bridgehead atoms. The molecule has 3 aromatic carbocycles. The summed E-state index contributed by atoms with van der Waals surface area (Å²) in [5.41, 5.74) is 0.772. The number of para-hydroxylation sites is 1. The van der Waals surface area contributed by atoms with Gasteiger partial charge in [0, 0.05) is 8.95 Å². The fraction of sp³-hybridized carbons (Fsp3) is 0.182. The Balaban J connectivity index is 2.33. The Morgan fingerprint density at radius 3 is 1.58 bits per heavy atom. The maximum atomic E-state index is 13.7. The first-order valence-corrected chi connectivity index (χ1v) is 14.0. The number of nitrogens with zero attached hydrogens (tertiary/aromatic N) is 1. The molecule has 0 N–H and O–H groups in total. The van der Waals surface area contributed by atoms with E-state index in [0.717, 1.165) is 6.42 Å². The van der Waals surface area contributed by atoms with Gasteiger partial charge >= 0.3 is 0 Å². The van der Waals surface area contributed by atoms with Crippen molar-refractivity contribution in [1.82, 2.24) is 0 Å². The van der Waals surface area contributed by atoms with Crippen molar-refractivity contribution < 1.29 is 16.8 Å². The van der Waals surface area contributed by atoms with E-state index in [-0.39, 0.29) is 21.4 Å². The van der Waals surface area contributed by atoms with Crippen LogP contribution in [-0.2, 0) is 20.0 Å². The normalized spacial score (nSPS) is 13.0. The summed E-state index contributed by atoms with van der Waals surface area (Å²) in [6, 6.07) is 18.5. The molecule has 0 aliphatic rings. The molecule has 0 saturated heterocycles. The summed E-state index contributed by atoms with van der Waals surface area (Å²) in [6.45, 7) is 3.91. The van der Waals surface area contributed by atoms with Gasteiger partial charge in [0.15, 0.2) is 0 Å². The molecule has 9 heteroatoms. The van der Waals surface area contributed by atoms with Gasteiger partial charge in [-0.15, -0.1) is 0 Å². The third kappa shape index (κ3) is 4.89. The van der Waals surface area contributed by atoms with Crippen LogP contribution in [0.3, 0.4) is 0 Å². The summed E-state index contributed by atoms with van der Waals surface area (Å²) >= 11 is 6.57. The molecule has 0 aromatic heterocycles. The van der Waals surface area contributed by atoms with E-state index in [1.807, 2.05) is 13.8 Å². The van der Waals surface area contributed by atoms with Gasteiger partial charge in [0.25, 0.3) is 20.0 Å². The maximum absolute atomic E-state index is 13.7. The number of halogens is 2. The lowest BCUT2D eigenvalue weighted by Crippen LogP contribution is -2.37. The van der Waals surface area contributed by atoms with E-state index in [9.17, 15) is 16.8 Å². The molecule has 0 amide bonds. The van der Waals surface area contributed by atoms with Gasteiger partial charge in [0.2, 0.25) is 0 Å². The van der Waals surface area contributed by atoms with Crippen molar-refractivity contribution in [3.63, 3.8) is 0 Å². The van der Waals surface area contributed by atoms with E-state index in [0.29, 0.717) is 18.2 Å². The maximum Gasteiger partial charge on any atom is 0.277 e. The SMILES string of the molecule is CC[C@@H](C)c1ccccc1N(S(=O)(=O)c1ccc(Br)cc1)S(=O)(=O)c1ccc(Br)cc1. The lowest BCUT2D eigenvalue weighted by Gasteiger charge is -2.27. The number of sulfonamides is 2. The first-order valence-electron chi connectivity index (χ1n) is 9.49. The quantitative estimate of drug-likeness (QED) is 0.325. The zero-order valence-electron chi connectivity index (χ0n) is 16.9. The topological polar surface area (TPSA) is 71.5 Å². The van der Waals surface area contributed by atoms with E-state index in [1.165, 1.54) is 30.3 Å². The van der Waals surface area contributed by atoms with Crippen molar-refractivity contribution in [3.8, 4) is 0 Å². The van der Waals surface area contributed by atoms with Gasteiger partial charge in [-0.2, -0.15) is 3.71 Å². The lowest BCUT2D eigenvalue weighted by atomic mass is 9.97. The molecule has 0 radical (unpaired) electrons. The van der Waals surface area contributed by atoms with Crippen LogP contribution in [0.5, 0.6) is 0 Å². The van der Waals surface area contributed by atoms with Gasteiger partial charge in [-0.25, -0.2) is 16.8 Å². The fourth-order valence-electron chi connectivity index (χ4n) is 3.08. The molecular formula is C22H21Br2NO4S2. The molecular weight excluding hydrogens is 566 g/mol. The lowest BCUT2D eigenvalue weighted by molar-refractivity contribution is 0.583. The molecule has 31 heavy (non-hydrogen) atoms. The smallest absolute Gasteiger partial charge is 0.200 e. The molecule has 0 spiro atoms. The second-order valence-electron chi connectivity index (χ2n) is 6.98. The van der Waals surface area contributed by atoms with E-state index in [2.05, 4.69) is 31.9 Å². The minimum absolute atomic E-state index is 0.0427. The van der Waals surface area contributed by atoms with E-state index in [4.69, 9.17) is 0 Å². The van der Waals surface area contributed by atoms with Crippen LogP contribution < -0.4 is 3.71 Å². The van der Waals surface area contributed by atoms with Gasteiger partial charge in [-0.1, -0.05) is 63.9 Å². The third-order valence-corrected chi connectivity index (χ3v) is 10.2. The summed E-state index contributed by atoms with van der Waals surface area (Å²) in [6.07, 6.45) is 0.724. The Kier molecular flexibility index (Phi) is 7.30. The van der Waals surface area contributed by atoms with Gasteiger partial charge < -0.3 is 0 Å². The van der Waals surface area contributed by atoms with Crippen LogP contribution in [0, 0.1) is 0 Å². The largest absolute Gasteiger partial charge is 0.277 e. The highest BCUT2D eigenvalue weighted by atomic mass is 79.9. The van der Waals surface area contributed by atoms with Gasteiger partial charge in [0.1, 0.15) is 0 Å². The van der Waals surface area contributed by atoms with Crippen LogP contribution in [0.1, 0.15) is 31.7 Å². The predicted octanol–water partition coefficient (Wildman–Crippen LogP) is 6.31. The standard InChI is InChI=1S/C22H21Br2NO4S2/c1-3-16(2)21-6-4-5-7-22(21)25(30(26,27)19-12-8-17(23)9-13-19)31(28,29)20-14-10-18(24)11-15-20/h4-16H,3H2,1-2H3/t16-/m1/s1. The van der Waals surface area contributed by atoms with E-state index < -0.39 is 20.0 Å². The first kappa shape index (κ1) is 24.0. The zero-order valence-corrected chi connectivity index (χ0v) is 21.7. The summed E-state index contributed by atoms with van der Waals surface area (Å²) < 4.78 is 56.8. The molecule has 1 atom stereocenters. The van der Waals surface area contributed by atoms with E-state index in [1.54, 1.807) is 42.5 Å². The van der Waals surface area contributed by atoms with Crippen LogP contribution >= 0.6 is 31.9 Å². The minimum Gasteiger partial charge on any atom is -0.200 e. The Bertz CT molecular complexity index is 1200. The first-order chi connectivity index (χ1) is 14.6. The molecule has 0 saturated carbocycles. The molecule has 5 nitrogen and oxygen atoms in total. The van der Waals surface area contributed by atoms with E-state index >= 15 is 0 Å². The van der Waals surface area contributed by atoms with Crippen LogP contribution in [0.25, 0.3) is 0 Å². The summed E-state index contributed by atoms with van der Waals surface area (Å²) in [4.78, 5) is -0.231. The van der Waals surface area contributed by atoms with Crippen molar-refractivity contribution in [2.75, 3.05) is 3.71 Å². The number of hydrogen-bond donors (Lipinski definition) is 0. The van der Waals surface area contributed by atoms with Crippen LogP contribution in [0.15, 0.2) is 91.5 Å². The molecule has 0 unspecified atom stereocenters. The molecule has 0 heterocycles. The summed E-state index contributed by atoms with van der Waals surface area (Å²) in [5.74, 6) is -0.0427. The Hall–Kier alpha value is -1.68. The average molecular weight is 587 g/mol. The number of anilines is 1. The van der Waals surface area contributed by atoms with Crippen molar-refractivity contribution in [2.45, 2.75) is 36.0 Å². The highest BCUT2D eigenvalue weighted by Gasteiger charge is 2.38. The van der Waals surface area contributed by atoms with Crippen LogP contribution in [0.4, 0.5) is 5.69 Å². The van der Waals surface area contributed by atoms with Gasteiger partial charge in [-0.3, -0.25) is 0 Å². The summed E-state index contributed by atoms with van der Waals surface area (Å²) in [7, 11) is -8.88. The fourth-order valence-corrected chi connectivity index (χ4v) is 7.36. The van der Waals surface area contributed by atoms with Crippen molar-refractivity contribution in [2.24, 2.45) is 0 Å². The van der Waals surface area contributed by atoms with Crippen molar-refractivity contribution >= 4 is 57.6 Å². The van der Waals surface area contributed by atoms with Gasteiger partial charge in [0.05, 0.1) is 15.5 Å². The summed E-state index contributed by atoms with van der Waals surface area (Å²) in [5, 5.41) is 0. The number of rotatable bonds is 7. The molecule has 3 aromatic rings. The number of benzene rings is 3. The molecule has 0 fully saturated rings. The number of hydrogen-bond acceptors (Lipinski definition) is 4. The third-order valence-electron chi connectivity index (χ3n) is 4.94. The van der Waals surface area contributed by atoms with Crippen molar-refractivity contribution in [3.05, 3.63) is 87.3 Å². The van der Waals surface area contributed by atoms with Crippen LogP contribution in [0.2, 0.25) is 0 Å².